The van der Waals surface area contributed by atoms with Gasteiger partial charge in [0.2, 0.25) is 0 Å². The molecule has 2 N–H and O–H groups in total. The minimum absolute atomic E-state index is 0.0756. The van der Waals surface area contributed by atoms with E-state index in [0.29, 0.717) is 35.6 Å². The summed E-state index contributed by atoms with van der Waals surface area (Å²) in [5, 5.41) is 10.9. The molecular formula is C26H34N6O3. The molecule has 35 heavy (non-hydrogen) atoms. The standard InChI is InChI=1S/C26H34N6O3/c1-6-31(7-2)14-21-22(26(34)35-8-3)17(5)23-24(27-15-28-32(21)23)30-20-13-18(10-9-16(20)4)25(33)29-19-11-12-19/h9-10,13,15,19H,6-8,11-12,14H2,1-5H3,(H,29,33)(H,27,28,30). The van der Waals surface area contributed by atoms with Gasteiger partial charge in [-0.3, -0.25) is 9.69 Å². The second-order valence-corrected chi connectivity index (χ2v) is 8.90. The van der Waals surface area contributed by atoms with Crippen molar-refractivity contribution < 1.29 is 14.3 Å². The highest BCUT2D eigenvalue weighted by molar-refractivity contribution is 5.98. The van der Waals surface area contributed by atoms with Gasteiger partial charge in [0, 0.05) is 23.8 Å². The molecule has 9 nitrogen and oxygen atoms in total. The number of amides is 1. The summed E-state index contributed by atoms with van der Waals surface area (Å²) in [5.41, 5.74) is 5.12. The molecule has 0 atom stereocenters. The maximum absolute atomic E-state index is 13.0. The van der Waals surface area contributed by atoms with Gasteiger partial charge in [0.25, 0.3) is 5.91 Å². The second-order valence-electron chi connectivity index (χ2n) is 8.90. The summed E-state index contributed by atoms with van der Waals surface area (Å²) in [6.07, 6.45) is 3.55. The summed E-state index contributed by atoms with van der Waals surface area (Å²) in [6, 6.07) is 5.88. The van der Waals surface area contributed by atoms with Crippen molar-refractivity contribution in [2.24, 2.45) is 0 Å². The van der Waals surface area contributed by atoms with Gasteiger partial charge in [-0.15, -0.1) is 0 Å². The molecular weight excluding hydrogens is 444 g/mol. The highest BCUT2D eigenvalue weighted by Gasteiger charge is 2.27. The molecule has 1 aromatic carbocycles. The molecule has 0 saturated heterocycles. The van der Waals surface area contributed by atoms with Crippen molar-refractivity contribution in [3.63, 3.8) is 0 Å². The number of aromatic nitrogens is 3. The number of aryl methyl sites for hydroxylation is 2. The average Bonchev–Trinajstić information content (AvgIpc) is 3.61. The minimum Gasteiger partial charge on any atom is -0.462 e. The zero-order valence-corrected chi connectivity index (χ0v) is 21.1. The number of nitrogens with zero attached hydrogens (tertiary/aromatic N) is 4. The van der Waals surface area contributed by atoms with Crippen LogP contribution in [0.25, 0.3) is 5.52 Å². The van der Waals surface area contributed by atoms with E-state index in [0.717, 1.165) is 48.4 Å². The number of carbonyl (C=O) groups is 2. The predicted octanol–water partition coefficient (Wildman–Crippen LogP) is 4.00. The molecule has 2 heterocycles. The van der Waals surface area contributed by atoms with E-state index in [1.54, 1.807) is 11.4 Å². The molecule has 4 rings (SSSR count). The molecule has 1 saturated carbocycles. The lowest BCUT2D eigenvalue weighted by molar-refractivity contribution is 0.0523. The van der Waals surface area contributed by atoms with Crippen molar-refractivity contribution >= 4 is 28.9 Å². The Morgan fingerprint density at radius 2 is 1.91 bits per heavy atom. The number of benzene rings is 1. The third-order valence-electron chi connectivity index (χ3n) is 6.48. The summed E-state index contributed by atoms with van der Waals surface area (Å²) < 4.78 is 7.19. The molecule has 0 aliphatic heterocycles. The molecule has 0 unspecified atom stereocenters. The van der Waals surface area contributed by atoms with Crippen molar-refractivity contribution in [2.75, 3.05) is 25.0 Å². The summed E-state index contributed by atoms with van der Waals surface area (Å²) >= 11 is 0. The van der Waals surface area contributed by atoms with E-state index in [9.17, 15) is 9.59 Å². The van der Waals surface area contributed by atoms with Gasteiger partial charge >= 0.3 is 5.97 Å². The molecule has 0 spiro atoms. The van der Waals surface area contributed by atoms with Crippen LogP contribution in [0.4, 0.5) is 11.5 Å². The first-order valence-electron chi connectivity index (χ1n) is 12.3. The van der Waals surface area contributed by atoms with Crippen LogP contribution < -0.4 is 10.6 Å². The monoisotopic (exact) mass is 478 g/mol. The number of rotatable bonds is 10. The maximum atomic E-state index is 13.0. The van der Waals surface area contributed by atoms with E-state index in [1.807, 2.05) is 32.0 Å². The molecule has 2 aromatic heterocycles. The predicted molar refractivity (Wildman–Crippen MR) is 135 cm³/mol. The first-order valence-corrected chi connectivity index (χ1v) is 12.3. The Morgan fingerprint density at radius 1 is 1.17 bits per heavy atom. The van der Waals surface area contributed by atoms with Crippen LogP contribution in [0.5, 0.6) is 0 Å². The zero-order valence-electron chi connectivity index (χ0n) is 21.1. The van der Waals surface area contributed by atoms with Gasteiger partial charge in [0.1, 0.15) is 11.8 Å². The Labute approximate surface area is 205 Å². The molecule has 1 amide bonds. The van der Waals surface area contributed by atoms with Crippen molar-refractivity contribution in [2.45, 2.75) is 60.0 Å². The Balaban J connectivity index is 1.78. The fraction of sp³-hybridized carbons (Fsp3) is 0.462. The van der Waals surface area contributed by atoms with E-state index in [2.05, 4.69) is 39.5 Å². The maximum Gasteiger partial charge on any atom is 0.340 e. The van der Waals surface area contributed by atoms with Crippen molar-refractivity contribution in [1.82, 2.24) is 24.8 Å². The highest BCUT2D eigenvalue weighted by Crippen LogP contribution is 2.31. The van der Waals surface area contributed by atoms with E-state index in [1.165, 1.54) is 6.33 Å². The summed E-state index contributed by atoms with van der Waals surface area (Å²) in [6.45, 7) is 12.4. The van der Waals surface area contributed by atoms with Crippen LogP contribution in [0.3, 0.4) is 0 Å². The Bertz CT molecular complexity index is 1240. The lowest BCUT2D eigenvalue weighted by Gasteiger charge is -2.18. The van der Waals surface area contributed by atoms with Gasteiger partial charge in [-0.05, 0) is 70.0 Å². The van der Waals surface area contributed by atoms with Gasteiger partial charge < -0.3 is 15.4 Å². The van der Waals surface area contributed by atoms with E-state index < -0.39 is 0 Å². The number of carbonyl (C=O) groups excluding carboxylic acids is 2. The van der Waals surface area contributed by atoms with Gasteiger partial charge in [0.15, 0.2) is 5.82 Å². The number of ether oxygens (including phenoxy) is 1. The summed E-state index contributed by atoms with van der Waals surface area (Å²) in [5.74, 6) is 0.128. The van der Waals surface area contributed by atoms with Crippen LogP contribution >= 0.6 is 0 Å². The molecule has 186 valence electrons. The van der Waals surface area contributed by atoms with Gasteiger partial charge in [-0.2, -0.15) is 5.10 Å². The molecule has 0 bridgehead atoms. The van der Waals surface area contributed by atoms with Gasteiger partial charge in [-0.25, -0.2) is 14.3 Å². The van der Waals surface area contributed by atoms with E-state index in [-0.39, 0.29) is 17.9 Å². The van der Waals surface area contributed by atoms with Crippen LogP contribution in [0, 0.1) is 13.8 Å². The van der Waals surface area contributed by atoms with Crippen LogP contribution in [-0.4, -0.2) is 57.1 Å². The number of hydrogen-bond acceptors (Lipinski definition) is 7. The van der Waals surface area contributed by atoms with Crippen LogP contribution in [0.1, 0.15) is 71.1 Å². The zero-order chi connectivity index (χ0) is 25.1. The van der Waals surface area contributed by atoms with Gasteiger partial charge in [0.05, 0.1) is 17.9 Å². The first kappa shape index (κ1) is 24.7. The SMILES string of the molecule is CCOC(=O)c1c(C)c2c(Nc3cc(C(=O)NC4CC4)ccc3C)ncnn2c1CN(CC)CC. The van der Waals surface area contributed by atoms with Crippen molar-refractivity contribution in [3.05, 3.63) is 52.5 Å². The van der Waals surface area contributed by atoms with Crippen LogP contribution in [-0.2, 0) is 11.3 Å². The Kier molecular flexibility index (Phi) is 7.35. The topological polar surface area (TPSA) is 101 Å². The number of nitrogens with one attached hydrogen (secondary N) is 2. The van der Waals surface area contributed by atoms with E-state index in [4.69, 9.17) is 4.74 Å². The Hall–Kier alpha value is -3.46. The fourth-order valence-corrected chi connectivity index (χ4v) is 4.23. The molecule has 1 aliphatic rings. The first-order chi connectivity index (χ1) is 16.9. The van der Waals surface area contributed by atoms with E-state index >= 15 is 0 Å². The number of fused-ring (bicyclic) bond motifs is 1. The molecule has 1 fully saturated rings. The van der Waals surface area contributed by atoms with Gasteiger partial charge in [-0.1, -0.05) is 19.9 Å². The molecule has 1 aliphatic carbocycles. The third-order valence-corrected chi connectivity index (χ3v) is 6.48. The molecule has 9 heteroatoms. The quantitative estimate of drug-likeness (QED) is 0.425. The van der Waals surface area contributed by atoms with Crippen LogP contribution in [0.15, 0.2) is 24.5 Å². The summed E-state index contributed by atoms with van der Waals surface area (Å²) in [4.78, 5) is 32.3. The number of anilines is 2. The second kappa shape index (κ2) is 10.4. The molecule has 0 radical (unpaired) electrons. The number of esters is 1. The lowest BCUT2D eigenvalue weighted by atomic mass is 10.1. The Morgan fingerprint density at radius 3 is 2.57 bits per heavy atom. The largest absolute Gasteiger partial charge is 0.462 e. The normalized spacial score (nSPS) is 13.3. The summed E-state index contributed by atoms with van der Waals surface area (Å²) in [7, 11) is 0. The third kappa shape index (κ3) is 5.14. The fourth-order valence-electron chi connectivity index (χ4n) is 4.23. The smallest absolute Gasteiger partial charge is 0.340 e. The van der Waals surface area contributed by atoms with Crippen molar-refractivity contribution in [1.29, 1.82) is 0 Å². The molecule has 3 aromatic rings. The van der Waals surface area contributed by atoms with Crippen molar-refractivity contribution in [3.8, 4) is 0 Å². The number of hydrogen-bond donors (Lipinski definition) is 2. The highest BCUT2D eigenvalue weighted by atomic mass is 16.5. The average molecular weight is 479 g/mol. The minimum atomic E-state index is -0.362. The van der Waals surface area contributed by atoms with Crippen LogP contribution in [0.2, 0.25) is 0 Å². The lowest BCUT2D eigenvalue weighted by Crippen LogP contribution is -2.25.